The van der Waals surface area contributed by atoms with Crippen LogP contribution in [0.15, 0.2) is 12.3 Å². The van der Waals surface area contributed by atoms with Crippen molar-refractivity contribution in [2.24, 2.45) is 5.73 Å². The summed E-state index contributed by atoms with van der Waals surface area (Å²) in [6, 6.07) is 1.13. The maximum atomic E-state index is 11.6. The van der Waals surface area contributed by atoms with E-state index < -0.39 is 12.0 Å². The molecule has 3 N–H and O–H groups in total. The standard InChI is InChI=1S/C10H14N4O3/c11-10(16)14-5-2-7(3-6-14)17-9(15)8-1-4-12-13-8/h1,4,7H,2-3,5-6H2,(H2,11,16)(H,12,13). The van der Waals surface area contributed by atoms with Gasteiger partial charge in [-0.15, -0.1) is 0 Å². The molecule has 92 valence electrons. The van der Waals surface area contributed by atoms with Crippen LogP contribution >= 0.6 is 0 Å². The molecule has 0 atom stereocenters. The number of esters is 1. The van der Waals surface area contributed by atoms with Gasteiger partial charge in [-0.05, 0) is 6.07 Å². The second-order valence-corrected chi connectivity index (χ2v) is 3.90. The molecule has 1 aromatic rings. The highest BCUT2D eigenvalue weighted by Crippen LogP contribution is 2.14. The SMILES string of the molecule is NC(=O)N1CCC(OC(=O)c2ccn[nH]2)CC1. The van der Waals surface area contributed by atoms with Crippen LogP contribution in [0.4, 0.5) is 4.79 Å². The Bertz CT molecular complexity index is 396. The number of hydrogen-bond donors (Lipinski definition) is 2. The van der Waals surface area contributed by atoms with Crippen LogP contribution in [-0.2, 0) is 4.74 Å². The van der Waals surface area contributed by atoms with Crippen LogP contribution in [-0.4, -0.2) is 46.3 Å². The maximum Gasteiger partial charge on any atom is 0.356 e. The van der Waals surface area contributed by atoms with Gasteiger partial charge in [0, 0.05) is 32.1 Å². The topological polar surface area (TPSA) is 101 Å². The number of nitrogens with one attached hydrogen (secondary N) is 1. The first-order chi connectivity index (χ1) is 8.16. The number of ether oxygens (including phenoxy) is 1. The van der Waals surface area contributed by atoms with Crippen LogP contribution in [0.25, 0.3) is 0 Å². The van der Waals surface area contributed by atoms with E-state index in [0.717, 1.165) is 0 Å². The molecule has 17 heavy (non-hydrogen) atoms. The van der Waals surface area contributed by atoms with Crippen LogP contribution in [0.3, 0.4) is 0 Å². The molecule has 0 unspecified atom stereocenters. The molecule has 1 saturated heterocycles. The van der Waals surface area contributed by atoms with E-state index in [1.807, 2.05) is 0 Å². The second kappa shape index (κ2) is 4.86. The average Bonchev–Trinajstić information content (AvgIpc) is 2.83. The molecule has 7 nitrogen and oxygen atoms in total. The molecule has 0 bridgehead atoms. The molecule has 0 aromatic carbocycles. The summed E-state index contributed by atoms with van der Waals surface area (Å²) < 4.78 is 5.27. The minimum atomic E-state index is -0.427. The Balaban J connectivity index is 1.82. The first-order valence-electron chi connectivity index (χ1n) is 5.41. The van der Waals surface area contributed by atoms with Gasteiger partial charge in [-0.3, -0.25) is 5.10 Å². The number of hydrogen-bond acceptors (Lipinski definition) is 4. The summed E-state index contributed by atoms with van der Waals surface area (Å²) in [6.45, 7) is 1.05. The Morgan fingerprint density at radius 1 is 1.47 bits per heavy atom. The summed E-state index contributed by atoms with van der Waals surface area (Å²) in [4.78, 5) is 24.0. The van der Waals surface area contributed by atoms with Crippen molar-refractivity contribution in [2.45, 2.75) is 18.9 Å². The van der Waals surface area contributed by atoms with E-state index in [4.69, 9.17) is 10.5 Å². The van der Waals surface area contributed by atoms with Gasteiger partial charge >= 0.3 is 12.0 Å². The quantitative estimate of drug-likeness (QED) is 0.714. The van der Waals surface area contributed by atoms with Crippen molar-refractivity contribution in [3.05, 3.63) is 18.0 Å². The zero-order valence-corrected chi connectivity index (χ0v) is 9.26. The Kier molecular flexibility index (Phi) is 3.27. The number of nitrogens with two attached hydrogens (primary N) is 1. The van der Waals surface area contributed by atoms with Crippen LogP contribution in [0.5, 0.6) is 0 Å². The van der Waals surface area contributed by atoms with Crippen LogP contribution < -0.4 is 5.73 Å². The van der Waals surface area contributed by atoms with Crippen LogP contribution in [0.1, 0.15) is 23.3 Å². The third kappa shape index (κ3) is 2.74. The number of piperidine rings is 1. The minimum absolute atomic E-state index is 0.165. The van der Waals surface area contributed by atoms with E-state index in [1.54, 1.807) is 11.0 Å². The Morgan fingerprint density at radius 2 is 2.18 bits per heavy atom. The molecule has 0 aliphatic carbocycles. The van der Waals surface area contributed by atoms with Gasteiger partial charge in [0.25, 0.3) is 0 Å². The van der Waals surface area contributed by atoms with Crippen molar-refractivity contribution in [2.75, 3.05) is 13.1 Å². The lowest BCUT2D eigenvalue weighted by Crippen LogP contribution is -2.44. The number of rotatable bonds is 2. The van der Waals surface area contributed by atoms with Gasteiger partial charge < -0.3 is 15.4 Å². The highest BCUT2D eigenvalue weighted by molar-refractivity contribution is 5.87. The average molecular weight is 238 g/mol. The third-order valence-electron chi connectivity index (χ3n) is 2.75. The molecule has 7 heteroatoms. The molecule has 1 aromatic heterocycles. The number of aromatic nitrogens is 2. The molecule has 1 fully saturated rings. The third-order valence-corrected chi connectivity index (χ3v) is 2.75. The van der Waals surface area contributed by atoms with E-state index in [-0.39, 0.29) is 6.10 Å². The molecule has 0 spiro atoms. The van der Waals surface area contributed by atoms with E-state index in [1.165, 1.54) is 6.20 Å². The number of carbonyl (C=O) groups is 2. The fraction of sp³-hybridized carbons (Fsp3) is 0.500. The lowest BCUT2D eigenvalue weighted by Gasteiger charge is -2.30. The van der Waals surface area contributed by atoms with Crippen LogP contribution in [0, 0.1) is 0 Å². The number of carbonyl (C=O) groups excluding carboxylic acids is 2. The van der Waals surface area contributed by atoms with Crippen molar-refractivity contribution in [1.82, 2.24) is 15.1 Å². The Morgan fingerprint density at radius 3 is 2.71 bits per heavy atom. The zero-order valence-electron chi connectivity index (χ0n) is 9.26. The lowest BCUT2D eigenvalue weighted by molar-refractivity contribution is 0.0149. The number of urea groups is 1. The number of primary amides is 1. The number of amides is 2. The monoisotopic (exact) mass is 238 g/mol. The summed E-state index contributed by atoms with van der Waals surface area (Å²) in [5, 5.41) is 6.22. The molecule has 2 rings (SSSR count). The van der Waals surface area contributed by atoms with Gasteiger partial charge in [0.1, 0.15) is 11.8 Å². The molecule has 2 heterocycles. The number of H-pyrrole nitrogens is 1. The summed E-state index contributed by atoms with van der Waals surface area (Å²) in [6.07, 6.45) is 2.55. The predicted molar refractivity (Wildman–Crippen MR) is 58.2 cm³/mol. The molecular weight excluding hydrogens is 224 g/mol. The highest BCUT2D eigenvalue weighted by atomic mass is 16.5. The first-order valence-corrected chi connectivity index (χ1v) is 5.41. The minimum Gasteiger partial charge on any atom is -0.458 e. The molecular formula is C10H14N4O3. The smallest absolute Gasteiger partial charge is 0.356 e. The van der Waals surface area contributed by atoms with E-state index in [9.17, 15) is 9.59 Å². The normalized spacial score (nSPS) is 16.8. The van der Waals surface area contributed by atoms with Gasteiger partial charge in [0.2, 0.25) is 0 Å². The fourth-order valence-corrected chi connectivity index (χ4v) is 1.78. The summed E-state index contributed by atoms with van der Waals surface area (Å²) >= 11 is 0. The molecule has 1 aliphatic rings. The van der Waals surface area contributed by atoms with Gasteiger partial charge in [-0.25, -0.2) is 9.59 Å². The largest absolute Gasteiger partial charge is 0.458 e. The maximum absolute atomic E-state index is 11.6. The molecule has 2 amide bonds. The van der Waals surface area contributed by atoms with E-state index >= 15 is 0 Å². The van der Waals surface area contributed by atoms with Gasteiger partial charge in [-0.2, -0.15) is 5.10 Å². The zero-order chi connectivity index (χ0) is 12.3. The lowest BCUT2D eigenvalue weighted by atomic mass is 10.1. The highest BCUT2D eigenvalue weighted by Gasteiger charge is 2.24. The first kappa shape index (κ1) is 11.4. The van der Waals surface area contributed by atoms with E-state index in [2.05, 4.69) is 10.2 Å². The summed E-state index contributed by atoms with van der Waals surface area (Å²) in [7, 11) is 0. The second-order valence-electron chi connectivity index (χ2n) is 3.90. The fourth-order valence-electron chi connectivity index (χ4n) is 1.78. The van der Waals surface area contributed by atoms with E-state index in [0.29, 0.717) is 31.6 Å². The number of likely N-dealkylation sites (tertiary alicyclic amines) is 1. The Labute approximate surface area is 97.9 Å². The van der Waals surface area contributed by atoms with Gasteiger partial charge in [-0.1, -0.05) is 0 Å². The number of aromatic amines is 1. The van der Waals surface area contributed by atoms with Crippen molar-refractivity contribution < 1.29 is 14.3 Å². The molecule has 0 saturated carbocycles. The van der Waals surface area contributed by atoms with Gasteiger partial charge in [0.05, 0.1) is 0 Å². The van der Waals surface area contributed by atoms with Crippen molar-refractivity contribution >= 4 is 12.0 Å². The number of nitrogens with zero attached hydrogens (tertiary/aromatic N) is 2. The van der Waals surface area contributed by atoms with Crippen molar-refractivity contribution in [3.8, 4) is 0 Å². The molecule has 1 aliphatic heterocycles. The summed E-state index contributed by atoms with van der Waals surface area (Å²) in [5.41, 5.74) is 5.49. The van der Waals surface area contributed by atoms with Crippen LogP contribution in [0.2, 0.25) is 0 Å². The Hall–Kier alpha value is -2.05. The van der Waals surface area contributed by atoms with Crippen molar-refractivity contribution in [1.29, 1.82) is 0 Å². The predicted octanol–water partition coefficient (Wildman–Crippen LogP) is 0.110. The van der Waals surface area contributed by atoms with Crippen molar-refractivity contribution in [3.63, 3.8) is 0 Å². The summed E-state index contributed by atoms with van der Waals surface area (Å²) in [5.74, 6) is -0.417. The molecule has 0 radical (unpaired) electrons. The van der Waals surface area contributed by atoms with Gasteiger partial charge in [0.15, 0.2) is 0 Å².